The number of halogens is 1. The van der Waals surface area contributed by atoms with Gasteiger partial charge in [-0.25, -0.2) is 4.79 Å². The number of anilines is 1. The fourth-order valence-electron chi connectivity index (χ4n) is 2.57. The summed E-state index contributed by atoms with van der Waals surface area (Å²) in [5.74, 6) is -0.719. The van der Waals surface area contributed by atoms with Crippen molar-refractivity contribution >= 4 is 44.1 Å². The summed E-state index contributed by atoms with van der Waals surface area (Å²) < 4.78 is 7.58. The van der Waals surface area contributed by atoms with Crippen LogP contribution in [0.1, 0.15) is 59.0 Å². The second kappa shape index (κ2) is 8.14. The highest BCUT2D eigenvalue weighted by Gasteiger charge is 2.26. The summed E-state index contributed by atoms with van der Waals surface area (Å²) in [5.41, 5.74) is 1.79. The van der Waals surface area contributed by atoms with Gasteiger partial charge < -0.3 is 10.1 Å². The van der Waals surface area contributed by atoms with Crippen molar-refractivity contribution in [1.82, 2.24) is 9.78 Å². The van der Waals surface area contributed by atoms with Crippen LogP contribution < -0.4 is 5.32 Å². The maximum Gasteiger partial charge on any atom is 0.341 e. The van der Waals surface area contributed by atoms with Crippen LogP contribution in [0.15, 0.2) is 10.7 Å². The van der Waals surface area contributed by atoms with Gasteiger partial charge in [0.05, 0.1) is 22.3 Å². The number of hydrogen-bond donors (Lipinski definition) is 1. The Morgan fingerprint density at radius 3 is 2.64 bits per heavy atom. The van der Waals surface area contributed by atoms with Crippen LogP contribution in [0.5, 0.6) is 0 Å². The van der Waals surface area contributed by atoms with Gasteiger partial charge in [-0.15, -0.1) is 11.3 Å². The average Bonchev–Trinajstić information content (AvgIpc) is 3.05. The van der Waals surface area contributed by atoms with Crippen LogP contribution in [0.25, 0.3) is 0 Å². The molecular weight excluding hydrogens is 406 g/mol. The fourth-order valence-corrected chi connectivity index (χ4v) is 4.18. The molecule has 25 heavy (non-hydrogen) atoms. The van der Waals surface area contributed by atoms with Crippen LogP contribution in [-0.2, 0) is 17.7 Å². The zero-order valence-corrected chi connectivity index (χ0v) is 17.4. The summed E-state index contributed by atoms with van der Waals surface area (Å²) >= 11 is 4.74. The number of carbonyl (C=O) groups excluding carboxylic acids is 2. The molecule has 0 saturated carbocycles. The Morgan fingerprint density at radius 1 is 1.40 bits per heavy atom. The zero-order valence-electron chi connectivity index (χ0n) is 15.0. The minimum atomic E-state index is -0.408. The first kappa shape index (κ1) is 19.7. The SMILES string of the molecule is CCc1c(C)sc(NC(=O)c2c(Br)cnn2CC)c1C(=O)OC(C)C. The number of amides is 1. The molecule has 0 aromatic carbocycles. The molecule has 0 aliphatic rings. The number of hydrogen-bond acceptors (Lipinski definition) is 5. The molecule has 2 rings (SSSR count). The first-order chi connectivity index (χ1) is 11.8. The lowest BCUT2D eigenvalue weighted by atomic mass is 10.1. The van der Waals surface area contributed by atoms with E-state index in [0.717, 1.165) is 10.4 Å². The number of carbonyl (C=O) groups is 2. The molecule has 0 bridgehead atoms. The maximum atomic E-state index is 12.7. The smallest absolute Gasteiger partial charge is 0.341 e. The van der Waals surface area contributed by atoms with E-state index < -0.39 is 5.97 Å². The molecule has 0 fully saturated rings. The Labute approximate surface area is 159 Å². The lowest BCUT2D eigenvalue weighted by Crippen LogP contribution is -2.20. The van der Waals surface area contributed by atoms with E-state index in [-0.39, 0.29) is 12.0 Å². The molecule has 2 aromatic heterocycles. The van der Waals surface area contributed by atoms with Crippen molar-refractivity contribution in [2.24, 2.45) is 0 Å². The Balaban J connectivity index is 2.40. The van der Waals surface area contributed by atoms with E-state index in [4.69, 9.17) is 4.74 Å². The standard InChI is InChI=1S/C17H22BrN3O3S/c1-6-11-10(5)25-16(13(11)17(23)24-9(3)4)20-15(22)14-12(18)8-19-21(14)7-2/h8-9H,6-7H2,1-5H3,(H,20,22). The second-order valence-corrected chi connectivity index (χ2v) is 7.84. The summed E-state index contributed by atoms with van der Waals surface area (Å²) in [5, 5.41) is 7.53. The van der Waals surface area contributed by atoms with Gasteiger partial charge in [-0.1, -0.05) is 6.92 Å². The molecule has 0 aliphatic carbocycles. The summed E-state index contributed by atoms with van der Waals surface area (Å²) in [6, 6.07) is 0. The van der Waals surface area contributed by atoms with Gasteiger partial charge in [0.25, 0.3) is 5.91 Å². The van der Waals surface area contributed by atoms with Crippen molar-refractivity contribution in [2.75, 3.05) is 5.32 Å². The van der Waals surface area contributed by atoms with Crippen molar-refractivity contribution in [3.63, 3.8) is 0 Å². The van der Waals surface area contributed by atoms with Crippen molar-refractivity contribution < 1.29 is 14.3 Å². The molecule has 0 atom stereocenters. The van der Waals surface area contributed by atoms with Crippen LogP contribution in [0, 0.1) is 6.92 Å². The highest BCUT2D eigenvalue weighted by atomic mass is 79.9. The van der Waals surface area contributed by atoms with Gasteiger partial charge in [-0.3, -0.25) is 9.48 Å². The van der Waals surface area contributed by atoms with Gasteiger partial charge >= 0.3 is 5.97 Å². The molecule has 0 aliphatic heterocycles. The van der Waals surface area contributed by atoms with E-state index in [0.29, 0.717) is 33.7 Å². The minimum absolute atomic E-state index is 0.225. The first-order valence-corrected chi connectivity index (χ1v) is 9.76. The van der Waals surface area contributed by atoms with Crippen molar-refractivity contribution in [3.8, 4) is 0 Å². The van der Waals surface area contributed by atoms with Crippen LogP contribution in [-0.4, -0.2) is 27.8 Å². The fraction of sp³-hybridized carbons (Fsp3) is 0.471. The number of nitrogens with one attached hydrogen (secondary N) is 1. The average molecular weight is 428 g/mol. The van der Waals surface area contributed by atoms with Gasteiger partial charge in [0, 0.05) is 11.4 Å². The number of rotatable bonds is 6. The third-order valence-electron chi connectivity index (χ3n) is 3.65. The number of nitrogens with zero attached hydrogens (tertiary/aromatic N) is 2. The summed E-state index contributed by atoms with van der Waals surface area (Å²) in [4.78, 5) is 26.3. The molecule has 0 saturated heterocycles. The van der Waals surface area contributed by atoms with Crippen LogP contribution >= 0.6 is 27.3 Å². The molecule has 2 heterocycles. The van der Waals surface area contributed by atoms with E-state index in [2.05, 4.69) is 26.3 Å². The number of ether oxygens (including phenoxy) is 1. The molecular formula is C17H22BrN3O3S. The molecule has 0 radical (unpaired) electrons. The maximum absolute atomic E-state index is 12.7. The predicted octanol–water partition coefficient (Wildman–Crippen LogP) is 4.42. The van der Waals surface area contributed by atoms with Crippen molar-refractivity contribution in [2.45, 2.75) is 53.7 Å². The largest absolute Gasteiger partial charge is 0.459 e. The van der Waals surface area contributed by atoms with Gasteiger partial charge in [0.15, 0.2) is 0 Å². The zero-order chi connectivity index (χ0) is 18.7. The third kappa shape index (κ3) is 4.12. The number of aryl methyl sites for hydroxylation is 2. The topological polar surface area (TPSA) is 73.2 Å². The Bertz CT molecular complexity index is 795. The van der Waals surface area contributed by atoms with E-state index in [1.807, 2.05) is 20.8 Å². The molecule has 1 amide bonds. The van der Waals surface area contributed by atoms with Crippen LogP contribution in [0.2, 0.25) is 0 Å². The molecule has 8 heteroatoms. The molecule has 1 N–H and O–H groups in total. The summed E-state index contributed by atoms with van der Waals surface area (Å²) in [6.45, 7) is 10.0. The van der Waals surface area contributed by atoms with E-state index >= 15 is 0 Å². The Kier molecular flexibility index (Phi) is 6.40. The number of esters is 1. The minimum Gasteiger partial charge on any atom is -0.459 e. The quantitative estimate of drug-likeness (QED) is 0.692. The Morgan fingerprint density at radius 2 is 2.08 bits per heavy atom. The number of thiophene rings is 1. The van der Waals surface area contributed by atoms with Crippen molar-refractivity contribution in [3.05, 3.63) is 32.4 Å². The van der Waals surface area contributed by atoms with Gasteiger partial charge in [-0.05, 0) is 55.6 Å². The highest BCUT2D eigenvalue weighted by molar-refractivity contribution is 9.10. The monoisotopic (exact) mass is 427 g/mol. The van der Waals surface area contributed by atoms with Gasteiger partial charge in [0.1, 0.15) is 10.7 Å². The Hall–Kier alpha value is -1.67. The second-order valence-electron chi connectivity index (χ2n) is 5.76. The van der Waals surface area contributed by atoms with E-state index in [1.54, 1.807) is 24.7 Å². The van der Waals surface area contributed by atoms with Gasteiger partial charge in [-0.2, -0.15) is 5.10 Å². The molecule has 6 nitrogen and oxygen atoms in total. The summed E-state index contributed by atoms with van der Waals surface area (Å²) in [7, 11) is 0. The lowest BCUT2D eigenvalue weighted by Gasteiger charge is -2.11. The van der Waals surface area contributed by atoms with Crippen LogP contribution in [0.3, 0.4) is 0 Å². The van der Waals surface area contributed by atoms with Crippen molar-refractivity contribution in [1.29, 1.82) is 0 Å². The van der Waals surface area contributed by atoms with E-state index in [9.17, 15) is 9.59 Å². The normalized spacial score (nSPS) is 11.0. The highest BCUT2D eigenvalue weighted by Crippen LogP contribution is 2.35. The van der Waals surface area contributed by atoms with E-state index in [1.165, 1.54) is 11.3 Å². The molecule has 0 spiro atoms. The van der Waals surface area contributed by atoms with Crippen LogP contribution in [0.4, 0.5) is 5.00 Å². The predicted molar refractivity (Wildman–Crippen MR) is 103 cm³/mol. The number of aromatic nitrogens is 2. The first-order valence-electron chi connectivity index (χ1n) is 8.15. The molecule has 136 valence electrons. The third-order valence-corrected chi connectivity index (χ3v) is 5.29. The molecule has 2 aromatic rings. The summed E-state index contributed by atoms with van der Waals surface area (Å²) in [6.07, 6.45) is 2.05. The van der Waals surface area contributed by atoms with Gasteiger partial charge in [0.2, 0.25) is 0 Å². The lowest BCUT2D eigenvalue weighted by molar-refractivity contribution is 0.0378. The molecule has 0 unspecified atom stereocenters.